The van der Waals surface area contributed by atoms with Gasteiger partial charge in [-0.2, -0.15) is 0 Å². The normalized spacial score (nSPS) is 11.2. The number of furan rings is 1. The van der Waals surface area contributed by atoms with Crippen LogP contribution in [0.15, 0.2) is 45.4 Å². The average Bonchev–Trinajstić information content (AvgIpc) is 2.59. The van der Waals surface area contributed by atoms with Gasteiger partial charge in [0.05, 0.1) is 4.47 Å². The number of fused-ring (bicyclic) bond motifs is 3. The quantitative estimate of drug-likeness (QED) is 0.605. The molecule has 0 aliphatic heterocycles. The van der Waals surface area contributed by atoms with Gasteiger partial charge in [-0.05, 0) is 34.1 Å². The van der Waals surface area contributed by atoms with Gasteiger partial charge in [-0.1, -0.05) is 12.1 Å². The zero-order valence-corrected chi connectivity index (χ0v) is 8.78. The Morgan fingerprint density at radius 2 is 2.00 bits per heavy atom. The third-order valence-corrected chi connectivity index (χ3v) is 2.84. The van der Waals surface area contributed by atoms with E-state index in [2.05, 4.69) is 20.9 Å². The molecular weight excluding hydrogens is 242 g/mol. The van der Waals surface area contributed by atoms with Crippen LogP contribution in [0.25, 0.3) is 22.1 Å². The van der Waals surface area contributed by atoms with Crippen LogP contribution >= 0.6 is 15.9 Å². The number of hydrogen-bond donors (Lipinski definition) is 0. The van der Waals surface area contributed by atoms with Crippen molar-refractivity contribution in [3.8, 4) is 0 Å². The third kappa shape index (κ3) is 0.990. The van der Waals surface area contributed by atoms with Crippen molar-refractivity contribution in [3.05, 3.63) is 41.0 Å². The van der Waals surface area contributed by atoms with Crippen LogP contribution in [0.4, 0.5) is 0 Å². The van der Waals surface area contributed by atoms with E-state index in [0.717, 1.165) is 26.5 Å². The van der Waals surface area contributed by atoms with Crippen LogP contribution in [0.2, 0.25) is 0 Å². The number of benzene rings is 1. The van der Waals surface area contributed by atoms with Crippen molar-refractivity contribution in [2.75, 3.05) is 0 Å². The van der Waals surface area contributed by atoms with Gasteiger partial charge in [0.1, 0.15) is 11.1 Å². The summed E-state index contributed by atoms with van der Waals surface area (Å²) in [5.41, 5.74) is 2.60. The van der Waals surface area contributed by atoms with Gasteiger partial charge in [-0.15, -0.1) is 0 Å². The predicted octanol–water partition coefficient (Wildman–Crippen LogP) is 3.74. The lowest BCUT2D eigenvalue weighted by Gasteiger charge is -1.89. The molecule has 2 heterocycles. The van der Waals surface area contributed by atoms with Crippen LogP contribution in [-0.4, -0.2) is 4.98 Å². The molecule has 0 aliphatic carbocycles. The van der Waals surface area contributed by atoms with Gasteiger partial charge < -0.3 is 4.42 Å². The second-order valence-corrected chi connectivity index (χ2v) is 3.92. The van der Waals surface area contributed by atoms with E-state index in [9.17, 15) is 0 Å². The lowest BCUT2D eigenvalue weighted by Crippen LogP contribution is -1.73. The summed E-state index contributed by atoms with van der Waals surface area (Å²) in [6.07, 6.45) is 1.77. The van der Waals surface area contributed by atoms with E-state index in [0.29, 0.717) is 0 Å². The lowest BCUT2D eigenvalue weighted by atomic mass is 10.2. The summed E-state index contributed by atoms with van der Waals surface area (Å²) in [5, 5.41) is 1.06. The third-order valence-electron chi connectivity index (χ3n) is 2.21. The highest BCUT2D eigenvalue weighted by atomic mass is 79.9. The molecule has 2 aromatic heterocycles. The van der Waals surface area contributed by atoms with E-state index >= 15 is 0 Å². The van der Waals surface area contributed by atoms with Gasteiger partial charge >= 0.3 is 0 Å². The zero-order chi connectivity index (χ0) is 9.54. The van der Waals surface area contributed by atoms with E-state index < -0.39 is 0 Å². The molecule has 0 saturated carbocycles. The molecule has 3 aromatic rings. The van der Waals surface area contributed by atoms with Gasteiger partial charge in [-0.25, -0.2) is 0 Å². The fourth-order valence-electron chi connectivity index (χ4n) is 1.57. The smallest absolute Gasteiger partial charge is 0.168 e. The Morgan fingerprint density at radius 1 is 1.14 bits per heavy atom. The van der Waals surface area contributed by atoms with E-state index in [1.807, 2.05) is 30.3 Å². The Kier molecular flexibility index (Phi) is 1.61. The van der Waals surface area contributed by atoms with E-state index in [1.54, 1.807) is 6.20 Å². The Morgan fingerprint density at radius 3 is 2.93 bits per heavy atom. The summed E-state index contributed by atoms with van der Waals surface area (Å²) < 4.78 is 6.62. The minimum absolute atomic E-state index is 0.814. The molecule has 0 amide bonds. The molecule has 1 aromatic carbocycles. The van der Waals surface area contributed by atoms with Gasteiger partial charge in [0, 0.05) is 11.6 Å². The average molecular weight is 248 g/mol. The Labute approximate surface area is 88.7 Å². The van der Waals surface area contributed by atoms with E-state index in [4.69, 9.17) is 4.42 Å². The zero-order valence-electron chi connectivity index (χ0n) is 7.20. The maximum Gasteiger partial charge on any atom is 0.168 e. The van der Waals surface area contributed by atoms with Crippen molar-refractivity contribution < 1.29 is 4.42 Å². The summed E-state index contributed by atoms with van der Waals surface area (Å²) in [6, 6.07) is 9.78. The highest BCUT2D eigenvalue weighted by Crippen LogP contribution is 2.31. The van der Waals surface area contributed by atoms with Crippen molar-refractivity contribution in [1.82, 2.24) is 4.98 Å². The molecule has 2 nitrogen and oxygen atoms in total. The Bertz CT molecular complexity index is 615. The van der Waals surface area contributed by atoms with Crippen LogP contribution in [0.3, 0.4) is 0 Å². The second-order valence-electron chi connectivity index (χ2n) is 3.07. The molecule has 0 fully saturated rings. The number of aromatic nitrogens is 1. The van der Waals surface area contributed by atoms with Crippen LogP contribution < -0.4 is 0 Å². The van der Waals surface area contributed by atoms with Crippen LogP contribution in [-0.2, 0) is 0 Å². The van der Waals surface area contributed by atoms with Gasteiger partial charge in [-0.3, -0.25) is 4.98 Å². The van der Waals surface area contributed by atoms with Crippen LogP contribution in [0, 0.1) is 0 Å². The molecular formula is C11H6BrNO. The molecule has 0 N–H and O–H groups in total. The first-order valence-corrected chi connectivity index (χ1v) is 5.07. The molecule has 0 spiro atoms. The first-order valence-electron chi connectivity index (χ1n) is 4.28. The minimum Gasteiger partial charge on any atom is -0.453 e. The number of hydrogen-bond acceptors (Lipinski definition) is 2. The predicted molar refractivity (Wildman–Crippen MR) is 59.2 cm³/mol. The molecule has 14 heavy (non-hydrogen) atoms. The minimum atomic E-state index is 0.814. The number of rotatable bonds is 0. The standard InChI is InChI=1S/C11H6BrNO/c12-8-5-6-13-10-7-3-1-2-4-9(7)14-11(8)10/h1-6H. The second kappa shape index (κ2) is 2.82. The molecule has 0 aliphatic rings. The first kappa shape index (κ1) is 8.00. The summed E-state index contributed by atoms with van der Waals surface area (Å²) in [5.74, 6) is 0. The summed E-state index contributed by atoms with van der Waals surface area (Å²) >= 11 is 3.44. The lowest BCUT2D eigenvalue weighted by molar-refractivity contribution is 0.666. The molecule has 0 unspecified atom stereocenters. The maximum atomic E-state index is 5.67. The first-order chi connectivity index (χ1) is 6.86. The highest BCUT2D eigenvalue weighted by molar-refractivity contribution is 9.10. The summed E-state index contributed by atoms with van der Waals surface area (Å²) in [6.45, 7) is 0. The molecule has 68 valence electrons. The van der Waals surface area contributed by atoms with Crippen molar-refractivity contribution in [2.24, 2.45) is 0 Å². The number of halogens is 1. The van der Waals surface area contributed by atoms with Gasteiger partial charge in [0.15, 0.2) is 5.58 Å². The summed E-state index contributed by atoms with van der Waals surface area (Å²) in [4.78, 5) is 4.31. The fraction of sp³-hybridized carbons (Fsp3) is 0. The molecule has 0 bridgehead atoms. The number of para-hydroxylation sites is 1. The number of nitrogens with zero attached hydrogens (tertiary/aromatic N) is 1. The van der Waals surface area contributed by atoms with E-state index in [1.165, 1.54) is 0 Å². The van der Waals surface area contributed by atoms with Gasteiger partial charge in [0.25, 0.3) is 0 Å². The molecule has 0 atom stereocenters. The van der Waals surface area contributed by atoms with Crippen molar-refractivity contribution in [2.45, 2.75) is 0 Å². The number of pyridine rings is 1. The largest absolute Gasteiger partial charge is 0.453 e. The maximum absolute atomic E-state index is 5.67. The topological polar surface area (TPSA) is 26.0 Å². The molecule has 3 heteroatoms. The van der Waals surface area contributed by atoms with Crippen molar-refractivity contribution >= 4 is 38.0 Å². The fourth-order valence-corrected chi connectivity index (χ4v) is 1.96. The molecule has 0 saturated heterocycles. The van der Waals surface area contributed by atoms with Crippen molar-refractivity contribution in [3.63, 3.8) is 0 Å². The van der Waals surface area contributed by atoms with Crippen LogP contribution in [0.5, 0.6) is 0 Å². The van der Waals surface area contributed by atoms with Gasteiger partial charge in [0.2, 0.25) is 0 Å². The highest BCUT2D eigenvalue weighted by Gasteiger charge is 2.08. The monoisotopic (exact) mass is 247 g/mol. The van der Waals surface area contributed by atoms with Crippen molar-refractivity contribution in [1.29, 1.82) is 0 Å². The van der Waals surface area contributed by atoms with Crippen LogP contribution in [0.1, 0.15) is 0 Å². The Hall–Kier alpha value is -1.35. The van der Waals surface area contributed by atoms with E-state index in [-0.39, 0.29) is 0 Å². The molecule has 3 rings (SSSR count). The summed E-state index contributed by atoms with van der Waals surface area (Å²) in [7, 11) is 0. The molecule has 0 radical (unpaired) electrons. The SMILES string of the molecule is Brc1ccnc2c1oc1ccccc12. The Balaban J connectivity index is 2.63.